The van der Waals surface area contributed by atoms with Gasteiger partial charge in [-0.15, -0.1) is 0 Å². The van der Waals surface area contributed by atoms with Crippen LogP contribution in [0, 0.1) is 5.41 Å². The van der Waals surface area contributed by atoms with Crippen LogP contribution in [0.1, 0.15) is 48.7 Å². The van der Waals surface area contributed by atoms with Crippen molar-refractivity contribution in [2.45, 2.75) is 45.6 Å². The summed E-state index contributed by atoms with van der Waals surface area (Å²) in [5.41, 5.74) is 2.29. The second-order valence-electron chi connectivity index (χ2n) is 5.77. The van der Waals surface area contributed by atoms with E-state index in [-0.39, 0.29) is 5.41 Å². The summed E-state index contributed by atoms with van der Waals surface area (Å²) in [7, 11) is 0. The van der Waals surface area contributed by atoms with Crippen molar-refractivity contribution in [3.8, 4) is 0 Å². The van der Waals surface area contributed by atoms with Gasteiger partial charge in [-0.25, -0.2) is 0 Å². The van der Waals surface area contributed by atoms with Crippen molar-refractivity contribution in [2.24, 2.45) is 5.41 Å². The Hall–Kier alpha value is -1.16. The molecular formula is C14H21N3O. The van der Waals surface area contributed by atoms with Gasteiger partial charge >= 0.3 is 0 Å². The summed E-state index contributed by atoms with van der Waals surface area (Å²) in [5, 5.41) is 7.78. The van der Waals surface area contributed by atoms with Crippen molar-refractivity contribution < 1.29 is 4.79 Å². The van der Waals surface area contributed by atoms with Crippen LogP contribution in [-0.4, -0.2) is 28.7 Å². The molecule has 98 valence electrons. The molecule has 1 aliphatic heterocycles. The van der Waals surface area contributed by atoms with E-state index in [1.165, 1.54) is 5.56 Å². The van der Waals surface area contributed by atoms with Gasteiger partial charge in [0.1, 0.15) is 5.69 Å². The first kappa shape index (κ1) is 11.9. The topological polar surface area (TPSA) is 46.9 Å². The minimum Gasteiger partial charge on any atom is -0.317 e. The molecule has 4 nitrogen and oxygen atoms in total. The number of fused-ring (bicyclic) bond motifs is 1. The molecule has 1 fully saturated rings. The van der Waals surface area contributed by atoms with Gasteiger partial charge in [-0.3, -0.25) is 9.48 Å². The Kier molecular flexibility index (Phi) is 2.98. The van der Waals surface area contributed by atoms with E-state index in [4.69, 9.17) is 0 Å². The average Bonchev–Trinajstić information content (AvgIpc) is 2.74. The number of Topliss-reactive ketones (excluding diaryl/α,β-unsaturated/α-hetero) is 1. The second-order valence-corrected chi connectivity index (χ2v) is 5.77. The molecule has 0 aromatic carbocycles. The summed E-state index contributed by atoms with van der Waals surface area (Å²) >= 11 is 0. The molecule has 2 heterocycles. The predicted octanol–water partition coefficient (Wildman–Crippen LogP) is 1.79. The molecule has 1 saturated heterocycles. The minimum absolute atomic E-state index is 0.218. The van der Waals surface area contributed by atoms with Gasteiger partial charge in [0.25, 0.3) is 0 Å². The maximum absolute atomic E-state index is 12.4. The highest BCUT2D eigenvalue weighted by Gasteiger charge is 2.40. The van der Waals surface area contributed by atoms with E-state index in [0.717, 1.165) is 57.4 Å². The molecule has 0 amide bonds. The molecule has 18 heavy (non-hydrogen) atoms. The third-order valence-electron chi connectivity index (χ3n) is 4.38. The first-order chi connectivity index (χ1) is 8.74. The molecule has 1 aliphatic carbocycles. The zero-order valence-corrected chi connectivity index (χ0v) is 11.0. The van der Waals surface area contributed by atoms with E-state index in [2.05, 4.69) is 17.3 Å². The highest BCUT2D eigenvalue weighted by atomic mass is 16.1. The number of aromatic nitrogens is 2. The number of carbonyl (C=O) groups excluding carboxylic acids is 1. The maximum atomic E-state index is 12.4. The molecule has 1 spiro atoms. The van der Waals surface area contributed by atoms with Crippen LogP contribution in [0.5, 0.6) is 0 Å². The monoisotopic (exact) mass is 247 g/mol. The third kappa shape index (κ3) is 1.88. The van der Waals surface area contributed by atoms with Crippen molar-refractivity contribution in [1.82, 2.24) is 15.1 Å². The fraction of sp³-hybridized carbons (Fsp3) is 0.714. The summed E-state index contributed by atoms with van der Waals surface area (Å²) in [6.45, 7) is 5.07. The molecular weight excluding hydrogens is 226 g/mol. The summed E-state index contributed by atoms with van der Waals surface area (Å²) in [6.07, 6.45) is 6.95. The van der Waals surface area contributed by atoms with Gasteiger partial charge in [0, 0.05) is 18.5 Å². The Morgan fingerprint density at radius 3 is 2.89 bits per heavy atom. The van der Waals surface area contributed by atoms with E-state index in [1.807, 2.05) is 10.9 Å². The average molecular weight is 247 g/mol. The van der Waals surface area contributed by atoms with Crippen molar-refractivity contribution in [3.05, 3.63) is 17.5 Å². The molecule has 1 aromatic heterocycles. The lowest BCUT2D eigenvalue weighted by atomic mass is 9.67. The summed E-state index contributed by atoms with van der Waals surface area (Å²) in [5.74, 6) is 0.309. The smallest absolute Gasteiger partial charge is 0.181 e. The Bertz CT molecular complexity index is 458. The number of hydrogen-bond donors (Lipinski definition) is 1. The van der Waals surface area contributed by atoms with Gasteiger partial charge in [0.2, 0.25) is 0 Å². The molecule has 0 atom stereocenters. The summed E-state index contributed by atoms with van der Waals surface area (Å²) in [6, 6.07) is 0. The first-order valence-corrected chi connectivity index (χ1v) is 7.03. The summed E-state index contributed by atoms with van der Waals surface area (Å²) < 4.78 is 1.91. The van der Waals surface area contributed by atoms with Crippen LogP contribution in [0.4, 0.5) is 0 Å². The van der Waals surface area contributed by atoms with E-state index >= 15 is 0 Å². The number of piperidine rings is 1. The molecule has 0 radical (unpaired) electrons. The zero-order valence-electron chi connectivity index (χ0n) is 11.0. The van der Waals surface area contributed by atoms with E-state index in [1.54, 1.807) is 0 Å². The van der Waals surface area contributed by atoms with Crippen molar-refractivity contribution in [2.75, 3.05) is 13.1 Å². The lowest BCUT2D eigenvalue weighted by molar-refractivity contribution is 0.0824. The van der Waals surface area contributed by atoms with Gasteiger partial charge in [-0.05, 0) is 44.2 Å². The van der Waals surface area contributed by atoms with Crippen LogP contribution in [0.2, 0.25) is 0 Å². The maximum Gasteiger partial charge on any atom is 0.181 e. The van der Waals surface area contributed by atoms with Gasteiger partial charge in [0.15, 0.2) is 5.78 Å². The Balaban J connectivity index is 1.91. The fourth-order valence-electron chi connectivity index (χ4n) is 3.46. The number of nitrogens with zero attached hydrogens (tertiary/aromatic N) is 2. The molecule has 3 rings (SSSR count). The molecule has 0 saturated carbocycles. The van der Waals surface area contributed by atoms with Gasteiger partial charge in [-0.1, -0.05) is 6.92 Å². The van der Waals surface area contributed by atoms with Gasteiger partial charge in [-0.2, -0.15) is 5.10 Å². The van der Waals surface area contributed by atoms with Crippen LogP contribution in [-0.2, 0) is 13.0 Å². The Labute approximate surface area is 108 Å². The van der Waals surface area contributed by atoms with Crippen LogP contribution in [0.15, 0.2) is 6.20 Å². The number of aryl methyl sites for hydroxylation is 1. The Morgan fingerprint density at radius 2 is 2.17 bits per heavy atom. The largest absolute Gasteiger partial charge is 0.317 e. The quantitative estimate of drug-likeness (QED) is 0.866. The van der Waals surface area contributed by atoms with Gasteiger partial charge in [0.05, 0.1) is 6.20 Å². The van der Waals surface area contributed by atoms with E-state index in [0.29, 0.717) is 5.78 Å². The highest BCUT2D eigenvalue weighted by molar-refractivity contribution is 5.97. The summed E-state index contributed by atoms with van der Waals surface area (Å²) in [4.78, 5) is 12.4. The first-order valence-electron chi connectivity index (χ1n) is 7.03. The van der Waals surface area contributed by atoms with Crippen LogP contribution < -0.4 is 5.32 Å². The zero-order chi connectivity index (χ0) is 12.6. The van der Waals surface area contributed by atoms with Crippen molar-refractivity contribution >= 4 is 5.78 Å². The van der Waals surface area contributed by atoms with Gasteiger partial charge < -0.3 is 5.32 Å². The third-order valence-corrected chi connectivity index (χ3v) is 4.38. The SMILES string of the molecule is CCCn1ncc2c1C(=O)CC1(CCNCC1)C2. The number of ketones is 1. The molecule has 4 heteroatoms. The number of nitrogens with one attached hydrogen (secondary N) is 1. The number of rotatable bonds is 2. The molecule has 2 aliphatic rings. The van der Waals surface area contributed by atoms with Crippen LogP contribution >= 0.6 is 0 Å². The number of hydrogen-bond acceptors (Lipinski definition) is 3. The van der Waals surface area contributed by atoms with Crippen molar-refractivity contribution in [1.29, 1.82) is 0 Å². The van der Waals surface area contributed by atoms with E-state index in [9.17, 15) is 4.79 Å². The lowest BCUT2D eigenvalue weighted by Crippen LogP contribution is -2.42. The molecule has 0 bridgehead atoms. The predicted molar refractivity (Wildman–Crippen MR) is 69.7 cm³/mol. The van der Waals surface area contributed by atoms with Crippen molar-refractivity contribution in [3.63, 3.8) is 0 Å². The fourth-order valence-corrected chi connectivity index (χ4v) is 3.46. The second kappa shape index (κ2) is 4.50. The molecule has 1 aromatic rings. The highest BCUT2D eigenvalue weighted by Crippen LogP contribution is 2.41. The minimum atomic E-state index is 0.218. The van der Waals surface area contributed by atoms with Crippen LogP contribution in [0.25, 0.3) is 0 Å². The van der Waals surface area contributed by atoms with E-state index < -0.39 is 0 Å². The molecule has 1 N–H and O–H groups in total. The number of carbonyl (C=O) groups is 1. The standard InChI is InChI=1S/C14H21N3O/c1-2-7-17-13-11(10-16-17)8-14(9-12(13)18)3-5-15-6-4-14/h10,15H,2-9H2,1H3. The lowest BCUT2D eigenvalue weighted by Gasteiger charge is -2.39. The van der Waals surface area contributed by atoms with Crippen LogP contribution in [0.3, 0.4) is 0 Å². The molecule has 0 unspecified atom stereocenters. The normalized spacial score (nSPS) is 22.2. The Morgan fingerprint density at radius 1 is 1.39 bits per heavy atom.